The third kappa shape index (κ3) is 3.20. The molecular weight excluding hydrogens is 218 g/mol. The van der Waals surface area contributed by atoms with E-state index in [0.717, 1.165) is 32.1 Å². The fourth-order valence-corrected chi connectivity index (χ4v) is 2.34. The molecule has 0 aromatic rings. The fraction of sp³-hybridized carbons (Fsp3) is 0.846. The Morgan fingerprint density at radius 3 is 2.41 bits per heavy atom. The summed E-state index contributed by atoms with van der Waals surface area (Å²) in [7, 11) is 0. The van der Waals surface area contributed by atoms with Gasteiger partial charge in [0, 0.05) is 13.0 Å². The van der Waals surface area contributed by atoms with Crippen molar-refractivity contribution >= 4 is 12.0 Å². The van der Waals surface area contributed by atoms with Crippen LogP contribution in [0.4, 0.5) is 4.79 Å². The van der Waals surface area contributed by atoms with Crippen molar-refractivity contribution in [1.29, 1.82) is 0 Å². The summed E-state index contributed by atoms with van der Waals surface area (Å²) in [5.74, 6) is -0.104. The van der Waals surface area contributed by atoms with Crippen LogP contribution in [0.3, 0.4) is 0 Å². The first-order valence-electron chi connectivity index (χ1n) is 6.62. The minimum Gasteiger partial charge on any atom is -0.443 e. The highest BCUT2D eigenvalue weighted by atomic mass is 16.6. The molecular formula is C13H23NO3. The lowest BCUT2D eigenvalue weighted by Crippen LogP contribution is -2.41. The first-order chi connectivity index (χ1) is 8.08. The number of amides is 2. The van der Waals surface area contributed by atoms with E-state index in [-0.39, 0.29) is 5.91 Å². The van der Waals surface area contributed by atoms with Crippen molar-refractivity contribution in [2.75, 3.05) is 6.54 Å². The summed E-state index contributed by atoms with van der Waals surface area (Å²) in [5, 5.41) is 0. The molecule has 0 bridgehead atoms. The third-order valence-corrected chi connectivity index (χ3v) is 3.59. The normalized spacial score (nSPS) is 16.4. The van der Waals surface area contributed by atoms with Gasteiger partial charge in [-0.3, -0.25) is 4.79 Å². The lowest BCUT2D eigenvalue weighted by molar-refractivity contribution is -0.127. The summed E-state index contributed by atoms with van der Waals surface area (Å²) in [6, 6.07) is 0. The molecule has 2 amide bonds. The molecule has 0 radical (unpaired) electrons. The van der Waals surface area contributed by atoms with E-state index in [0.29, 0.717) is 13.0 Å². The summed E-state index contributed by atoms with van der Waals surface area (Å²) < 4.78 is 5.60. The lowest BCUT2D eigenvalue weighted by atomic mass is 9.92. The SMILES string of the molecule is CCCC(CC)(CC)OC(=O)N1CCCC1=O. The van der Waals surface area contributed by atoms with Crippen LogP contribution in [0, 0.1) is 0 Å². The van der Waals surface area contributed by atoms with E-state index in [1.165, 1.54) is 4.90 Å². The maximum absolute atomic E-state index is 11.9. The maximum Gasteiger partial charge on any atom is 0.417 e. The van der Waals surface area contributed by atoms with Crippen LogP contribution in [0.2, 0.25) is 0 Å². The molecule has 98 valence electrons. The van der Waals surface area contributed by atoms with Gasteiger partial charge in [-0.1, -0.05) is 27.2 Å². The van der Waals surface area contributed by atoms with Crippen molar-refractivity contribution in [1.82, 2.24) is 4.90 Å². The number of hydrogen-bond donors (Lipinski definition) is 0. The van der Waals surface area contributed by atoms with Gasteiger partial charge in [0.15, 0.2) is 0 Å². The number of imide groups is 1. The molecule has 0 saturated carbocycles. The Morgan fingerprint density at radius 1 is 1.35 bits per heavy atom. The van der Waals surface area contributed by atoms with Crippen LogP contribution in [0.1, 0.15) is 59.3 Å². The summed E-state index contributed by atoms with van der Waals surface area (Å²) in [6.45, 7) is 6.64. The Bertz CT molecular complexity index is 284. The largest absolute Gasteiger partial charge is 0.443 e. The average Bonchev–Trinajstić information content (AvgIpc) is 2.75. The van der Waals surface area contributed by atoms with Crippen LogP contribution in [0.25, 0.3) is 0 Å². The van der Waals surface area contributed by atoms with Crippen LogP contribution in [0.5, 0.6) is 0 Å². The van der Waals surface area contributed by atoms with E-state index in [1.54, 1.807) is 0 Å². The van der Waals surface area contributed by atoms with Crippen molar-refractivity contribution in [3.63, 3.8) is 0 Å². The minimum atomic E-state index is -0.454. The van der Waals surface area contributed by atoms with E-state index in [2.05, 4.69) is 6.92 Å². The molecule has 1 saturated heterocycles. The lowest BCUT2D eigenvalue weighted by Gasteiger charge is -2.32. The zero-order valence-electron chi connectivity index (χ0n) is 11.1. The van der Waals surface area contributed by atoms with Gasteiger partial charge < -0.3 is 4.74 Å². The predicted octanol–water partition coefficient (Wildman–Crippen LogP) is 3.10. The van der Waals surface area contributed by atoms with Crippen LogP contribution in [-0.2, 0) is 9.53 Å². The first-order valence-corrected chi connectivity index (χ1v) is 6.62. The van der Waals surface area contributed by atoms with Gasteiger partial charge in [0.1, 0.15) is 5.60 Å². The Hall–Kier alpha value is -1.06. The van der Waals surface area contributed by atoms with Gasteiger partial charge in [-0.2, -0.15) is 0 Å². The topological polar surface area (TPSA) is 46.6 Å². The Labute approximate surface area is 103 Å². The number of nitrogens with zero attached hydrogens (tertiary/aromatic N) is 1. The van der Waals surface area contributed by atoms with Gasteiger partial charge >= 0.3 is 6.09 Å². The number of ether oxygens (including phenoxy) is 1. The number of hydrogen-bond acceptors (Lipinski definition) is 3. The quantitative estimate of drug-likeness (QED) is 0.743. The average molecular weight is 241 g/mol. The van der Waals surface area contributed by atoms with Crippen molar-refractivity contribution in [3.8, 4) is 0 Å². The molecule has 0 aliphatic carbocycles. The third-order valence-electron chi connectivity index (χ3n) is 3.59. The molecule has 17 heavy (non-hydrogen) atoms. The smallest absolute Gasteiger partial charge is 0.417 e. The standard InChI is InChI=1S/C13H23NO3/c1-4-9-13(5-2,6-3)17-12(16)14-10-7-8-11(14)15/h4-10H2,1-3H3. The second-order valence-corrected chi connectivity index (χ2v) is 4.66. The summed E-state index contributed by atoms with van der Waals surface area (Å²) in [4.78, 5) is 24.7. The summed E-state index contributed by atoms with van der Waals surface area (Å²) in [5.41, 5.74) is -0.394. The number of rotatable bonds is 5. The molecule has 0 aromatic carbocycles. The highest BCUT2D eigenvalue weighted by molar-refractivity contribution is 5.93. The molecule has 4 nitrogen and oxygen atoms in total. The summed E-state index contributed by atoms with van der Waals surface area (Å²) in [6.07, 6.45) is 4.19. The first kappa shape index (κ1) is 14.0. The molecule has 1 aliphatic rings. The second-order valence-electron chi connectivity index (χ2n) is 4.66. The Morgan fingerprint density at radius 2 is 2.00 bits per heavy atom. The van der Waals surface area contributed by atoms with Gasteiger partial charge in [0.2, 0.25) is 5.91 Å². The zero-order valence-corrected chi connectivity index (χ0v) is 11.1. The maximum atomic E-state index is 11.9. The van der Waals surface area contributed by atoms with Gasteiger partial charge in [-0.25, -0.2) is 9.69 Å². The van der Waals surface area contributed by atoms with E-state index in [9.17, 15) is 9.59 Å². The molecule has 1 fully saturated rings. The molecule has 0 spiro atoms. The molecule has 0 unspecified atom stereocenters. The Balaban J connectivity index is 2.66. The van der Waals surface area contributed by atoms with Gasteiger partial charge in [-0.15, -0.1) is 0 Å². The van der Waals surface area contributed by atoms with E-state index in [4.69, 9.17) is 4.74 Å². The second kappa shape index (κ2) is 6.03. The monoisotopic (exact) mass is 241 g/mol. The summed E-state index contributed by atoms with van der Waals surface area (Å²) >= 11 is 0. The van der Waals surface area contributed by atoms with Crippen molar-refractivity contribution in [2.45, 2.75) is 64.9 Å². The molecule has 1 rings (SSSR count). The van der Waals surface area contributed by atoms with Crippen LogP contribution >= 0.6 is 0 Å². The molecule has 4 heteroatoms. The van der Waals surface area contributed by atoms with Gasteiger partial charge in [-0.05, 0) is 25.7 Å². The van der Waals surface area contributed by atoms with Crippen LogP contribution in [0.15, 0.2) is 0 Å². The van der Waals surface area contributed by atoms with Crippen molar-refractivity contribution < 1.29 is 14.3 Å². The highest BCUT2D eigenvalue weighted by Gasteiger charge is 2.35. The molecule has 1 heterocycles. The van der Waals surface area contributed by atoms with Gasteiger partial charge in [0.05, 0.1) is 0 Å². The molecule has 0 N–H and O–H groups in total. The van der Waals surface area contributed by atoms with Crippen molar-refractivity contribution in [3.05, 3.63) is 0 Å². The zero-order chi connectivity index (χ0) is 12.9. The molecule has 0 atom stereocenters. The Kier molecular flexibility index (Phi) is 4.97. The highest BCUT2D eigenvalue weighted by Crippen LogP contribution is 2.28. The van der Waals surface area contributed by atoms with Crippen molar-refractivity contribution in [2.24, 2.45) is 0 Å². The number of carbonyl (C=O) groups excluding carboxylic acids is 2. The van der Waals surface area contributed by atoms with E-state index in [1.807, 2.05) is 13.8 Å². The number of carbonyl (C=O) groups is 2. The van der Waals surface area contributed by atoms with E-state index >= 15 is 0 Å². The predicted molar refractivity (Wildman–Crippen MR) is 65.6 cm³/mol. The fourth-order valence-electron chi connectivity index (χ4n) is 2.34. The van der Waals surface area contributed by atoms with Gasteiger partial charge in [0.25, 0.3) is 0 Å². The number of likely N-dealkylation sites (tertiary alicyclic amines) is 1. The van der Waals surface area contributed by atoms with Crippen LogP contribution in [-0.4, -0.2) is 29.0 Å². The minimum absolute atomic E-state index is 0.104. The van der Waals surface area contributed by atoms with E-state index < -0.39 is 11.7 Å². The molecule has 1 aliphatic heterocycles. The van der Waals surface area contributed by atoms with Crippen LogP contribution < -0.4 is 0 Å². The molecule has 0 aromatic heterocycles.